The number of aromatic amines is 1. The number of anilines is 3. The SMILES string of the molecule is CCC(C)(C)c1ccc(OCCCC(=O)Nc2ccc(Cl)c(Nc3[nH]n(-c4c(Cl)c(Cl)c(Cl)c(Cl)c4Cl)c(=O)c3N=Nc3ccc(O)cc3)c2)c(C(C)(C)CC)c1. The minimum Gasteiger partial charge on any atom is -0.508 e. The second-order valence-corrected chi connectivity index (χ2v) is 16.9. The van der Waals surface area contributed by atoms with Crippen LogP contribution in [-0.4, -0.2) is 27.4 Å². The molecule has 0 spiro atoms. The number of phenolic OH excluding ortho intramolecular Hbond substituents is 1. The zero-order valence-electron chi connectivity index (χ0n) is 32.1. The number of benzene rings is 4. The van der Waals surface area contributed by atoms with Crippen molar-refractivity contribution in [3.63, 3.8) is 0 Å². The van der Waals surface area contributed by atoms with Crippen molar-refractivity contribution in [1.82, 2.24) is 9.78 Å². The number of phenols is 1. The van der Waals surface area contributed by atoms with Crippen molar-refractivity contribution in [2.75, 3.05) is 17.2 Å². The summed E-state index contributed by atoms with van der Waals surface area (Å²) in [5.74, 6) is 0.645. The fourth-order valence-electron chi connectivity index (χ4n) is 5.65. The number of halogens is 6. The predicted molar refractivity (Wildman–Crippen MR) is 235 cm³/mol. The Kier molecular flexibility index (Phi) is 14.2. The van der Waals surface area contributed by atoms with Crippen molar-refractivity contribution in [2.24, 2.45) is 10.2 Å². The van der Waals surface area contributed by atoms with Gasteiger partial charge in [-0.3, -0.25) is 14.7 Å². The molecule has 16 heteroatoms. The molecule has 0 aliphatic heterocycles. The molecule has 0 aliphatic rings. The minimum absolute atomic E-state index is 0.0243. The van der Waals surface area contributed by atoms with Gasteiger partial charge in [-0.15, -0.1) is 5.11 Å². The highest BCUT2D eigenvalue weighted by atomic mass is 35.5. The maximum absolute atomic E-state index is 13.9. The Labute approximate surface area is 361 Å². The highest BCUT2D eigenvalue weighted by molar-refractivity contribution is 6.56. The first-order valence-corrected chi connectivity index (χ1v) is 20.4. The number of nitrogens with zero attached hydrogens (tertiary/aromatic N) is 3. The van der Waals surface area contributed by atoms with Crippen molar-refractivity contribution in [3.8, 4) is 17.2 Å². The number of H-pyrrole nitrogens is 1. The second kappa shape index (κ2) is 18.4. The van der Waals surface area contributed by atoms with E-state index in [2.05, 4.69) is 79.6 Å². The summed E-state index contributed by atoms with van der Waals surface area (Å²) in [7, 11) is 0. The van der Waals surface area contributed by atoms with Gasteiger partial charge in [-0.2, -0.15) is 5.11 Å². The summed E-state index contributed by atoms with van der Waals surface area (Å²) in [6.07, 6.45) is 2.64. The molecular formula is C41H42Cl6N6O4. The standard InChI is InChI=1S/C41H42Cl6N6O4/c1-7-40(3,4)22-11-18-29(26(20-22)41(5,6)8-2)57-19-9-10-30(55)48-24-14-17-27(42)28(21-24)49-38-36(51-50-23-12-15-25(54)16-13-23)39(56)53(52-38)37-34(46)32(44)31(43)33(45)35(37)47/h11-18,20-21,49,52,54H,7-10,19H2,1-6H3,(H,48,55). The molecule has 5 aromatic rings. The predicted octanol–water partition coefficient (Wildman–Crippen LogP) is 14.1. The minimum atomic E-state index is -0.743. The van der Waals surface area contributed by atoms with Gasteiger partial charge in [-0.05, 0) is 84.2 Å². The van der Waals surface area contributed by atoms with E-state index in [1.165, 1.54) is 29.8 Å². The van der Waals surface area contributed by atoms with Crippen LogP contribution in [0.2, 0.25) is 30.1 Å². The number of hydrogen-bond acceptors (Lipinski definition) is 7. The van der Waals surface area contributed by atoms with Crippen LogP contribution in [0.25, 0.3) is 5.69 Å². The summed E-state index contributed by atoms with van der Waals surface area (Å²) < 4.78 is 7.25. The van der Waals surface area contributed by atoms with Gasteiger partial charge < -0.3 is 20.5 Å². The number of hydrogen-bond donors (Lipinski definition) is 4. The Hall–Kier alpha value is -3.90. The third-order valence-corrected chi connectivity index (χ3v) is 12.6. The van der Waals surface area contributed by atoms with E-state index in [0.717, 1.165) is 28.8 Å². The Morgan fingerprint density at radius 3 is 2.09 bits per heavy atom. The summed E-state index contributed by atoms with van der Waals surface area (Å²) in [5, 5.41) is 26.5. The van der Waals surface area contributed by atoms with Crippen LogP contribution in [0.3, 0.4) is 0 Å². The van der Waals surface area contributed by atoms with E-state index in [0.29, 0.717) is 30.1 Å². The lowest BCUT2D eigenvalue weighted by atomic mass is 9.76. The number of carbonyl (C=O) groups excluding carboxylic acids is 1. The van der Waals surface area contributed by atoms with Crippen LogP contribution >= 0.6 is 69.6 Å². The highest BCUT2D eigenvalue weighted by Crippen LogP contribution is 2.46. The third kappa shape index (κ3) is 10.0. The van der Waals surface area contributed by atoms with Crippen molar-refractivity contribution in [2.45, 2.75) is 78.1 Å². The number of aromatic nitrogens is 2. The fraction of sp³-hybridized carbons (Fsp3) is 0.317. The lowest BCUT2D eigenvalue weighted by Crippen LogP contribution is -2.21. The smallest absolute Gasteiger partial charge is 0.301 e. The van der Waals surface area contributed by atoms with Crippen LogP contribution in [0.15, 0.2) is 75.7 Å². The highest BCUT2D eigenvalue weighted by Gasteiger charge is 2.28. The van der Waals surface area contributed by atoms with Gasteiger partial charge in [-0.25, -0.2) is 4.68 Å². The van der Waals surface area contributed by atoms with E-state index < -0.39 is 5.56 Å². The van der Waals surface area contributed by atoms with E-state index in [1.54, 1.807) is 18.2 Å². The van der Waals surface area contributed by atoms with Gasteiger partial charge in [0.25, 0.3) is 0 Å². The van der Waals surface area contributed by atoms with Crippen LogP contribution in [0.4, 0.5) is 28.6 Å². The Morgan fingerprint density at radius 1 is 0.825 bits per heavy atom. The molecule has 0 saturated heterocycles. The number of amides is 1. The van der Waals surface area contributed by atoms with E-state index in [-0.39, 0.29) is 76.2 Å². The quantitative estimate of drug-likeness (QED) is 0.0359. The van der Waals surface area contributed by atoms with Crippen molar-refractivity contribution < 1.29 is 14.6 Å². The molecule has 0 unspecified atom stereocenters. The zero-order chi connectivity index (χ0) is 41.8. The molecule has 4 N–H and O–H groups in total. The van der Waals surface area contributed by atoms with Gasteiger partial charge in [0.2, 0.25) is 5.91 Å². The maximum Gasteiger partial charge on any atom is 0.301 e. The molecule has 0 radical (unpaired) electrons. The molecule has 10 nitrogen and oxygen atoms in total. The number of rotatable bonds is 15. The Morgan fingerprint density at radius 2 is 1.46 bits per heavy atom. The third-order valence-electron chi connectivity index (χ3n) is 9.96. The second-order valence-electron chi connectivity index (χ2n) is 14.6. The van der Waals surface area contributed by atoms with Gasteiger partial charge >= 0.3 is 5.56 Å². The van der Waals surface area contributed by atoms with Crippen LogP contribution in [0.1, 0.15) is 78.4 Å². The lowest BCUT2D eigenvalue weighted by Gasteiger charge is -2.30. The van der Waals surface area contributed by atoms with Crippen LogP contribution in [0, 0.1) is 0 Å². The molecule has 1 aromatic heterocycles. The molecule has 4 aromatic carbocycles. The fourth-order valence-corrected chi connectivity index (χ4v) is 7.12. The molecule has 0 bridgehead atoms. The number of carbonyl (C=O) groups is 1. The van der Waals surface area contributed by atoms with Gasteiger partial charge in [0.1, 0.15) is 17.2 Å². The topological polar surface area (TPSA) is 133 Å². The summed E-state index contributed by atoms with van der Waals surface area (Å²) in [5.41, 5.74) is 2.42. The monoisotopic (exact) mass is 892 g/mol. The molecule has 0 atom stereocenters. The number of aromatic hydroxyl groups is 1. The summed E-state index contributed by atoms with van der Waals surface area (Å²) in [6.45, 7) is 13.6. The van der Waals surface area contributed by atoms with Crippen molar-refractivity contribution in [3.05, 3.63) is 112 Å². The molecule has 0 aliphatic carbocycles. The normalized spacial score (nSPS) is 12.0. The van der Waals surface area contributed by atoms with E-state index in [9.17, 15) is 14.7 Å². The molecule has 5 rings (SSSR count). The summed E-state index contributed by atoms with van der Waals surface area (Å²) in [6, 6.07) is 17.1. The van der Waals surface area contributed by atoms with Gasteiger partial charge in [0, 0.05) is 17.7 Å². The molecule has 302 valence electrons. The average Bonchev–Trinajstić information content (AvgIpc) is 3.49. The number of azo groups is 1. The zero-order valence-corrected chi connectivity index (χ0v) is 36.6. The van der Waals surface area contributed by atoms with E-state index in [1.807, 2.05) is 6.07 Å². The van der Waals surface area contributed by atoms with Crippen LogP contribution < -0.4 is 20.9 Å². The molecule has 0 fully saturated rings. The Bertz CT molecular complexity index is 2340. The Balaban J connectivity index is 1.36. The van der Waals surface area contributed by atoms with Gasteiger partial charge in [0.05, 0.1) is 48.1 Å². The lowest BCUT2D eigenvalue weighted by molar-refractivity contribution is -0.116. The van der Waals surface area contributed by atoms with Gasteiger partial charge in [-0.1, -0.05) is 123 Å². The molecule has 0 saturated carbocycles. The molecular weight excluding hydrogens is 853 g/mol. The van der Waals surface area contributed by atoms with E-state index in [4.69, 9.17) is 74.3 Å². The van der Waals surface area contributed by atoms with Crippen molar-refractivity contribution in [1.29, 1.82) is 0 Å². The number of ether oxygens (including phenoxy) is 1. The van der Waals surface area contributed by atoms with E-state index >= 15 is 0 Å². The van der Waals surface area contributed by atoms with Gasteiger partial charge in [0.15, 0.2) is 11.5 Å². The van der Waals surface area contributed by atoms with Crippen molar-refractivity contribution >= 4 is 104 Å². The first-order valence-electron chi connectivity index (χ1n) is 18.1. The van der Waals surface area contributed by atoms with Crippen LogP contribution in [0.5, 0.6) is 11.5 Å². The maximum atomic E-state index is 13.9. The average molecular weight is 896 g/mol. The van der Waals surface area contributed by atoms with Crippen LogP contribution in [-0.2, 0) is 15.6 Å². The summed E-state index contributed by atoms with van der Waals surface area (Å²) in [4.78, 5) is 27.0. The largest absolute Gasteiger partial charge is 0.508 e. The first kappa shape index (κ1) is 44.2. The number of nitrogens with one attached hydrogen (secondary N) is 3. The molecule has 1 amide bonds. The molecule has 57 heavy (non-hydrogen) atoms. The first-order chi connectivity index (χ1) is 26.9. The molecule has 1 heterocycles. The summed E-state index contributed by atoms with van der Waals surface area (Å²) >= 11 is 38.4.